The van der Waals surface area contributed by atoms with Crippen molar-refractivity contribution in [2.75, 3.05) is 17.3 Å². The summed E-state index contributed by atoms with van der Waals surface area (Å²) in [6.45, 7) is 3.12. The number of hydrogen-bond acceptors (Lipinski definition) is 5. The van der Waals surface area contributed by atoms with Gasteiger partial charge in [0.05, 0.1) is 12.6 Å². The Balaban J connectivity index is 0.00000192. The molecule has 1 aromatic carbocycles. The van der Waals surface area contributed by atoms with Crippen molar-refractivity contribution < 1.29 is 42.2 Å². The summed E-state index contributed by atoms with van der Waals surface area (Å²) in [6.07, 6.45) is 2.65. The van der Waals surface area contributed by atoms with E-state index in [9.17, 15) is 4.79 Å². The van der Waals surface area contributed by atoms with Gasteiger partial charge in [-0.3, -0.25) is 9.69 Å². The Labute approximate surface area is 169 Å². The van der Waals surface area contributed by atoms with Gasteiger partial charge in [-0.25, -0.2) is 0 Å². The van der Waals surface area contributed by atoms with Crippen molar-refractivity contribution in [3.05, 3.63) is 46.4 Å². The van der Waals surface area contributed by atoms with Gasteiger partial charge in [0, 0.05) is 50.8 Å². The third-order valence-electron chi connectivity index (χ3n) is 3.56. The molecular weight excluding hydrogens is 405 g/mol. The monoisotopic (exact) mass is 422 g/mol. The van der Waals surface area contributed by atoms with Crippen molar-refractivity contribution in [2.24, 2.45) is 0 Å². The minimum absolute atomic E-state index is 0. The third kappa shape index (κ3) is 4.86. The number of thiazole rings is 1. The van der Waals surface area contributed by atoms with E-state index in [1.165, 1.54) is 28.7 Å². The Morgan fingerprint density at radius 2 is 2.17 bits per heavy atom. The molecule has 0 N–H and O–H groups in total. The van der Waals surface area contributed by atoms with Crippen LogP contribution in [0.4, 0.5) is 10.5 Å². The molecule has 23 heavy (non-hydrogen) atoms. The Hall–Kier alpha value is -0.266. The van der Waals surface area contributed by atoms with Crippen LogP contribution in [0.1, 0.15) is 17.5 Å². The second-order valence-corrected chi connectivity index (χ2v) is 6.89. The van der Waals surface area contributed by atoms with E-state index in [2.05, 4.69) is 29.4 Å². The molecule has 1 aliphatic rings. The summed E-state index contributed by atoms with van der Waals surface area (Å²) in [5, 5.41) is 3.95. The zero-order valence-corrected chi connectivity index (χ0v) is 17.4. The first-order chi connectivity index (χ1) is 10.8. The fourth-order valence-electron chi connectivity index (χ4n) is 2.36. The number of anilines is 1. The number of carbonyl (C=O) groups is 1. The molecule has 7 heteroatoms. The molecule has 0 bridgehead atoms. The average molecular weight is 422 g/mol. The first-order valence-electron chi connectivity index (χ1n) is 7.21. The average Bonchev–Trinajstić information content (AvgIpc) is 3.18. The number of ether oxygens (including phenoxy) is 1. The molecule has 0 spiro atoms. The summed E-state index contributed by atoms with van der Waals surface area (Å²) in [5.74, 6) is 0.762. The Kier molecular flexibility index (Phi) is 7.69. The van der Waals surface area contributed by atoms with Crippen molar-refractivity contribution in [2.45, 2.75) is 26.0 Å². The molecular formula is C16H17N2O2S2Y-. The molecule has 1 amide bonds. The molecule has 1 aliphatic heterocycles. The number of amides is 1. The van der Waals surface area contributed by atoms with Gasteiger partial charge < -0.3 is 21.1 Å². The van der Waals surface area contributed by atoms with E-state index in [4.69, 9.17) is 4.74 Å². The van der Waals surface area contributed by atoms with Gasteiger partial charge in [0.2, 0.25) is 0 Å². The summed E-state index contributed by atoms with van der Waals surface area (Å²) < 4.78 is 5.73. The molecule has 2 aromatic rings. The molecule has 2 heterocycles. The maximum atomic E-state index is 12.1. The molecule has 1 fully saturated rings. The van der Waals surface area contributed by atoms with E-state index in [1.807, 2.05) is 17.0 Å². The predicted octanol–water partition coefficient (Wildman–Crippen LogP) is 3.76. The normalized spacial score (nSPS) is 17.3. The van der Waals surface area contributed by atoms with Gasteiger partial charge in [-0.2, -0.15) is 5.38 Å². The number of nitrogens with zero attached hydrogens (tertiary/aromatic N) is 2. The van der Waals surface area contributed by atoms with Gasteiger partial charge in [0.15, 0.2) is 0 Å². The predicted molar refractivity (Wildman–Crippen MR) is 90.5 cm³/mol. The minimum Gasteiger partial charge on any atom is -0.390 e. The van der Waals surface area contributed by atoms with E-state index in [0.717, 1.165) is 22.9 Å². The van der Waals surface area contributed by atoms with Gasteiger partial charge in [0.1, 0.15) is 0 Å². The molecule has 1 aromatic heterocycles. The molecule has 1 atom stereocenters. The summed E-state index contributed by atoms with van der Waals surface area (Å²) in [5.41, 5.74) is 2.22. The summed E-state index contributed by atoms with van der Waals surface area (Å²) in [7, 11) is 0. The van der Waals surface area contributed by atoms with Gasteiger partial charge in [-0.1, -0.05) is 37.0 Å². The van der Waals surface area contributed by atoms with Crippen LogP contribution < -0.4 is 4.90 Å². The van der Waals surface area contributed by atoms with Gasteiger partial charge in [-0.15, -0.1) is 0 Å². The van der Waals surface area contributed by atoms with Crippen LogP contribution in [0, 0.1) is 5.38 Å². The Morgan fingerprint density at radius 1 is 1.39 bits per heavy atom. The van der Waals surface area contributed by atoms with Crippen LogP contribution in [0.25, 0.3) is 0 Å². The molecule has 0 aliphatic carbocycles. The van der Waals surface area contributed by atoms with E-state index < -0.39 is 0 Å². The molecule has 0 unspecified atom stereocenters. The van der Waals surface area contributed by atoms with Crippen molar-refractivity contribution in [1.29, 1.82) is 0 Å². The van der Waals surface area contributed by atoms with Crippen LogP contribution in [0.15, 0.2) is 30.5 Å². The van der Waals surface area contributed by atoms with E-state index in [0.29, 0.717) is 13.2 Å². The number of aromatic nitrogens is 1. The first kappa shape index (κ1) is 19.1. The molecule has 0 saturated carbocycles. The number of benzene rings is 1. The van der Waals surface area contributed by atoms with Crippen LogP contribution in [-0.4, -0.2) is 28.6 Å². The van der Waals surface area contributed by atoms with Crippen LogP contribution in [0.2, 0.25) is 0 Å². The number of aryl methyl sites for hydroxylation is 1. The molecule has 1 radical (unpaired) electrons. The second kappa shape index (κ2) is 9.28. The van der Waals surface area contributed by atoms with E-state index >= 15 is 0 Å². The van der Waals surface area contributed by atoms with E-state index in [1.54, 1.807) is 6.20 Å². The summed E-state index contributed by atoms with van der Waals surface area (Å²) >= 11 is 2.81. The van der Waals surface area contributed by atoms with Crippen molar-refractivity contribution >= 4 is 34.0 Å². The topological polar surface area (TPSA) is 42.4 Å². The number of hydrogen-bond donors (Lipinski definition) is 0. The smallest absolute Gasteiger partial charge is 0.286 e. The quantitative estimate of drug-likeness (QED) is 0.665. The van der Waals surface area contributed by atoms with Crippen LogP contribution in [-0.2, 0) is 50.5 Å². The second-order valence-electron chi connectivity index (χ2n) is 5.01. The van der Waals surface area contributed by atoms with Gasteiger partial charge >= 0.3 is 0 Å². The fourth-order valence-corrected chi connectivity index (χ4v) is 3.82. The molecule has 3 rings (SSSR count). The zero-order valence-electron chi connectivity index (χ0n) is 12.9. The van der Waals surface area contributed by atoms with E-state index in [-0.39, 0.29) is 44.0 Å². The maximum Gasteiger partial charge on any atom is 0.286 e. The number of thioether (sulfide) groups is 1. The standard InChI is InChI=1S/C16H17N2O2S2.Y/c1-2-12-3-5-13(6-4-12)18-14(11-22-16(18)19)9-20-10-15-17-7-8-21-15;/h3-7,14H,2,9-11H2,1H3;/q-1;/t14-;/m0./s1. The van der Waals surface area contributed by atoms with Gasteiger partial charge in [-0.05, 0) is 29.1 Å². The van der Waals surface area contributed by atoms with Crippen molar-refractivity contribution in [1.82, 2.24) is 4.98 Å². The van der Waals surface area contributed by atoms with Gasteiger partial charge in [0.25, 0.3) is 5.24 Å². The molecule has 1 saturated heterocycles. The Bertz CT molecular complexity index is 620. The maximum absolute atomic E-state index is 12.1. The van der Waals surface area contributed by atoms with Crippen LogP contribution in [0.3, 0.4) is 0 Å². The number of rotatable bonds is 6. The minimum atomic E-state index is 0. The summed E-state index contributed by atoms with van der Waals surface area (Å²) in [6, 6.07) is 8.27. The zero-order chi connectivity index (χ0) is 15.4. The molecule has 4 nitrogen and oxygen atoms in total. The largest absolute Gasteiger partial charge is 0.390 e. The van der Waals surface area contributed by atoms with Crippen LogP contribution >= 0.6 is 23.1 Å². The van der Waals surface area contributed by atoms with Crippen molar-refractivity contribution in [3.63, 3.8) is 0 Å². The Morgan fingerprint density at radius 3 is 2.83 bits per heavy atom. The van der Waals surface area contributed by atoms with Crippen molar-refractivity contribution in [3.8, 4) is 0 Å². The summed E-state index contributed by atoms with van der Waals surface area (Å²) in [4.78, 5) is 18.1. The third-order valence-corrected chi connectivity index (χ3v) is 5.23. The fraction of sp³-hybridized carbons (Fsp3) is 0.375. The first-order valence-corrected chi connectivity index (χ1v) is 9.01. The number of carbonyl (C=O) groups excluding carboxylic acids is 1. The van der Waals surface area contributed by atoms with Crippen LogP contribution in [0.5, 0.6) is 0 Å². The molecule has 119 valence electrons. The SMILES string of the molecule is CCc1ccc(N2C(=O)SC[C@@H]2COCc2nc[c-]s2)cc1.[Y].